The van der Waals surface area contributed by atoms with Crippen LogP contribution in [0.15, 0.2) is 48.5 Å². The lowest BCUT2D eigenvalue weighted by Crippen LogP contribution is -2.41. The van der Waals surface area contributed by atoms with Crippen LogP contribution >= 0.6 is 0 Å². The van der Waals surface area contributed by atoms with Crippen LogP contribution < -0.4 is 10.2 Å². The Balaban J connectivity index is 1.43. The maximum Gasteiger partial charge on any atom is 0.229 e. The van der Waals surface area contributed by atoms with Crippen LogP contribution in [0.2, 0.25) is 0 Å². The number of aryl methyl sites for hydroxylation is 1. The van der Waals surface area contributed by atoms with E-state index in [0.29, 0.717) is 18.8 Å². The number of aromatic nitrogens is 2. The zero-order valence-corrected chi connectivity index (χ0v) is 16.9. The second-order valence-electron chi connectivity index (χ2n) is 7.67. The molecule has 2 heterocycles. The van der Waals surface area contributed by atoms with Crippen LogP contribution in [0, 0.1) is 30.3 Å². The third kappa shape index (κ3) is 4.68. The summed E-state index contributed by atoms with van der Waals surface area (Å²) in [6.07, 6.45) is 1.38. The van der Waals surface area contributed by atoms with Crippen molar-refractivity contribution in [2.24, 2.45) is 5.92 Å². The van der Waals surface area contributed by atoms with Crippen molar-refractivity contribution in [1.82, 2.24) is 10.2 Å². The van der Waals surface area contributed by atoms with Gasteiger partial charge in [0, 0.05) is 36.5 Å². The van der Waals surface area contributed by atoms with Crippen LogP contribution in [0.1, 0.15) is 18.4 Å². The number of carbonyl (C=O) groups is 1. The minimum Gasteiger partial charge on any atom is -0.354 e. The van der Waals surface area contributed by atoms with Gasteiger partial charge in [-0.3, -0.25) is 4.79 Å². The van der Waals surface area contributed by atoms with Crippen LogP contribution in [0.25, 0.3) is 11.3 Å². The van der Waals surface area contributed by atoms with Gasteiger partial charge in [-0.15, -0.1) is 10.2 Å². The van der Waals surface area contributed by atoms with E-state index in [1.807, 2.05) is 48.2 Å². The second kappa shape index (κ2) is 8.75. The van der Waals surface area contributed by atoms with Gasteiger partial charge in [-0.25, -0.2) is 13.2 Å². The molecule has 0 spiro atoms. The van der Waals surface area contributed by atoms with Gasteiger partial charge in [0.15, 0.2) is 23.3 Å². The van der Waals surface area contributed by atoms with Gasteiger partial charge in [-0.1, -0.05) is 29.8 Å². The lowest BCUT2D eigenvalue weighted by Gasteiger charge is -2.32. The molecule has 0 radical (unpaired) electrons. The zero-order chi connectivity index (χ0) is 22.0. The van der Waals surface area contributed by atoms with Crippen molar-refractivity contribution in [3.8, 4) is 11.3 Å². The van der Waals surface area contributed by atoms with Gasteiger partial charge in [-0.05, 0) is 31.9 Å². The first kappa shape index (κ1) is 20.8. The maximum absolute atomic E-state index is 13.4. The van der Waals surface area contributed by atoms with E-state index in [1.54, 1.807) is 0 Å². The first-order valence-corrected chi connectivity index (χ1v) is 10.0. The van der Waals surface area contributed by atoms with Crippen molar-refractivity contribution in [2.45, 2.75) is 19.8 Å². The molecular weight excluding hydrogens is 405 g/mol. The van der Waals surface area contributed by atoms with Crippen LogP contribution in [0.3, 0.4) is 0 Å². The molecule has 8 heteroatoms. The summed E-state index contributed by atoms with van der Waals surface area (Å²) >= 11 is 0. The highest BCUT2D eigenvalue weighted by atomic mass is 19.2. The Morgan fingerprint density at radius 3 is 2.39 bits per heavy atom. The molecule has 0 aliphatic carbocycles. The topological polar surface area (TPSA) is 58.1 Å². The molecular formula is C23H21F3N4O. The zero-order valence-electron chi connectivity index (χ0n) is 16.9. The molecule has 1 atom stereocenters. The monoisotopic (exact) mass is 426 g/mol. The largest absolute Gasteiger partial charge is 0.354 e. The number of rotatable bonds is 4. The summed E-state index contributed by atoms with van der Waals surface area (Å²) in [6, 6.07) is 13.3. The highest BCUT2D eigenvalue weighted by Gasteiger charge is 2.27. The van der Waals surface area contributed by atoms with E-state index in [-0.39, 0.29) is 11.6 Å². The summed E-state index contributed by atoms with van der Waals surface area (Å²) in [6.45, 7) is 3.14. The smallest absolute Gasteiger partial charge is 0.229 e. The van der Waals surface area contributed by atoms with Gasteiger partial charge in [0.1, 0.15) is 0 Å². The predicted octanol–water partition coefficient (Wildman–Crippen LogP) is 4.72. The van der Waals surface area contributed by atoms with Crippen molar-refractivity contribution in [1.29, 1.82) is 0 Å². The number of piperidine rings is 1. The van der Waals surface area contributed by atoms with Gasteiger partial charge in [0.2, 0.25) is 5.91 Å². The SMILES string of the molecule is Cc1ccc(-c2ccc(N3CCC[C@H](C(=O)Nc4cc(F)c(F)c(F)c4)C3)nn2)cc1. The molecule has 1 aliphatic rings. The van der Waals surface area contributed by atoms with Crippen LogP contribution in [0.4, 0.5) is 24.7 Å². The lowest BCUT2D eigenvalue weighted by molar-refractivity contribution is -0.120. The Labute approximate surface area is 177 Å². The molecule has 160 valence electrons. The van der Waals surface area contributed by atoms with Crippen molar-refractivity contribution in [3.63, 3.8) is 0 Å². The average Bonchev–Trinajstić information content (AvgIpc) is 2.78. The summed E-state index contributed by atoms with van der Waals surface area (Å²) in [4.78, 5) is 14.6. The fourth-order valence-electron chi connectivity index (χ4n) is 3.64. The Bertz CT molecular complexity index is 1060. The Morgan fingerprint density at radius 1 is 1.03 bits per heavy atom. The van der Waals surface area contributed by atoms with Gasteiger partial charge >= 0.3 is 0 Å². The molecule has 0 bridgehead atoms. The van der Waals surface area contributed by atoms with Crippen LogP contribution in [-0.2, 0) is 4.79 Å². The standard InChI is InChI=1S/C23H21F3N4O/c1-14-4-6-15(7-5-14)20-8-9-21(29-28-20)30-10-2-3-16(13-30)23(31)27-17-11-18(24)22(26)19(25)12-17/h4-9,11-12,16H,2-3,10,13H2,1H3,(H,27,31)/t16-/m0/s1. The average molecular weight is 426 g/mol. The first-order chi connectivity index (χ1) is 14.9. The Hall–Kier alpha value is -3.42. The molecule has 1 aliphatic heterocycles. The number of anilines is 2. The second-order valence-corrected chi connectivity index (χ2v) is 7.67. The van der Waals surface area contributed by atoms with E-state index in [0.717, 1.165) is 41.9 Å². The fraction of sp³-hybridized carbons (Fsp3) is 0.261. The molecule has 5 nitrogen and oxygen atoms in total. The first-order valence-electron chi connectivity index (χ1n) is 10.0. The molecule has 4 rings (SSSR count). The van der Waals surface area contributed by atoms with Gasteiger partial charge < -0.3 is 10.2 Å². The quantitative estimate of drug-likeness (QED) is 0.613. The van der Waals surface area contributed by atoms with Gasteiger partial charge in [-0.2, -0.15) is 0 Å². The minimum absolute atomic E-state index is 0.110. The predicted molar refractivity (Wildman–Crippen MR) is 112 cm³/mol. The third-order valence-electron chi connectivity index (χ3n) is 5.37. The van der Waals surface area contributed by atoms with E-state index >= 15 is 0 Å². The Kier molecular flexibility index (Phi) is 5.88. The molecule has 1 fully saturated rings. The van der Waals surface area contributed by atoms with Crippen molar-refractivity contribution in [2.75, 3.05) is 23.3 Å². The molecule has 1 saturated heterocycles. The number of carbonyl (C=O) groups excluding carboxylic acids is 1. The summed E-state index contributed by atoms with van der Waals surface area (Å²) in [5.74, 6) is -4.36. The van der Waals surface area contributed by atoms with E-state index in [4.69, 9.17) is 0 Å². The van der Waals surface area contributed by atoms with Crippen LogP contribution in [0.5, 0.6) is 0 Å². The number of nitrogens with one attached hydrogen (secondary N) is 1. The molecule has 2 aromatic carbocycles. The molecule has 1 amide bonds. The van der Waals surface area contributed by atoms with Gasteiger partial charge in [0.05, 0.1) is 11.6 Å². The third-order valence-corrected chi connectivity index (χ3v) is 5.37. The van der Waals surface area contributed by atoms with Crippen LogP contribution in [-0.4, -0.2) is 29.2 Å². The van der Waals surface area contributed by atoms with E-state index in [9.17, 15) is 18.0 Å². The number of amides is 1. The number of benzene rings is 2. The minimum atomic E-state index is -1.56. The molecule has 1 N–H and O–H groups in total. The highest BCUT2D eigenvalue weighted by molar-refractivity contribution is 5.93. The lowest BCUT2D eigenvalue weighted by atomic mass is 9.97. The maximum atomic E-state index is 13.4. The molecule has 0 unspecified atom stereocenters. The number of hydrogen-bond donors (Lipinski definition) is 1. The van der Waals surface area contributed by atoms with E-state index < -0.39 is 23.4 Å². The summed E-state index contributed by atoms with van der Waals surface area (Å²) < 4.78 is 39.9. The summed E-state index contributed by atoms with van der Waals surface area (Å²) in [7, 11) is 0. The Morgan fingerprint density at radius 2 is 1.74 bits per heavy atom. The number of hydrogen-bond acceptors (Lipinski definition) is 4. The molecule has 3 aromatic rings. The van der Waals surface area contributed by atoms with E-state index in [2.05, 4.69) is 15.5 Å². The number of halogens is 3. The number of nitrogens with zero attached hydrogens (tertiary/aromatic N) is 3. The molecule has 1 aromatic heterocycles. The van der Waals surface area contributed by atoms with Crippen molar-refractivity contribution >= 4 is 17.4 Å². The summed E-state index contributed by atoms with van der Waals surface area (Å²) in [5, 5.41) is 11.1. The molecule has 0 saturated carbocycles. The normalized spacial score (nSPS) is 16.3. The fourth-order valence-corrected chi connectivity index (χ4v) is 3.64. The highest BCUT2D eigenvalue weighted by Crippen LogP contribution is 2.25. The van der Waals surface area contributed by atoms with Gasteiger partial charge in [0.25, 0.3) is 0 Å². The van der Waals surface area contributed by atoms with Crippen molar-refractivity contribution < 1.29 is 18.0 Å². The van der Waals surface area contributed by atoms with Crippen molar-refractivity contribution in [3.05, 3.63) is 71.5 Å². The summed E-state index contributed by atoms with van der Waals surface area (Å²) in [5.41, 5.74) is 2.78. The van der Waals surface area contributed by atoms with E-state index in [1.165, 1.54) is 0 Å². The molecule has 31 heavy (non-hydrogen) atoms.